The number of fused-ring (bicyclic) bond motifs is 3. The standard InChI is InChI=1S/C14H8ClN3OS/c15-8-1-3-9(4-2-8)18-14(19)11-7-16-13-10(5-6-20-13)12(11)17-18/h1-7,17H. The summed E-state index contributed by atoms with van der Waals surface area (Å²) in [6.45, 7) is 0. The molecule has 3 aromatic heterocycles. The first-order valence-electron chi connectivity index (χ1n) is 5.97. The molecule has 0 fully saturated rings. The molecule has 0 saturated carbocycles. The van der Waals surface area contributed by atoms with Crippen LogP contribution in [0.4, 0.5) is 0 Å². The number of hydrogen-bond donors (Lipinski definition) is 1. The number of hydrogen-bond acceptors (Lipinski definition) is 3. The summed E-state index contributed by atoms with van der Waals surface area (Å²) in [4.78, 5) is 17.7. The number of pyridine rings is 1. The second-order valence-electron chi connectivity index (χ2n) is 4.42. The average Bonchev–Trinajstić information content (AvgIpc) is 3.04. The van der Waals surface area contributed by atoms with Gasteiger partial charge in [0.15, 0.2) is 0 Å². The molecular weight excluding hydrogens is 294 g/mol. The molecule has 4 nitrogen and oxygen atoms in total. The van der Waals surface area contributed by atoms with Crippen molar-refractivity contribution in [3.63, 3.8) is 0 Å². The summed E-state index contributed by atoms with van der Waals surface area (Å²) in [6, 6.07) is 9.09. The van der Waals surface area contributed by atoms with Gasteiger partial charge in [-0.3, -0.25) is 9.89 Å². The normalized spacial score (nSPS) is 11.4. The Morgan fingerprint density at radius 1 is 1.15 bits per heavy atom. The molecular formula is C14H8ClN3OS. The molecule has 0 spiro atoms. The monoisotopic (exact) mass is 301 g/mol. The maximum atomic E-state index is 12.4. The van der Waals surface area contributed by atoms with Crippen molar-refractivity contribution in [1.29, 1.82) is 0 Å². The quantitative estimate of drug-likeness (QED) is 0.584. The van der Waals surface area contributed by atoms with E-state index >= 15 is 0 Å². The van der Waals surface area contributed by atoms with Gasteiger partial charge in [0.1, 0.15) is 4.83 Å². The van der Waals surface area contributed by atoms with E-state index in [1.165, 1.54) is 4.68 Å². The maximum absolute atomic E-state index is 12.4. The Bertz CT molecular complexity index is 981. The molecule has 98 valence electrons. The van der Waals surface area contributed by atoms with Crippen molar-refractivity contribution in [2.75, 3.05) is 0 Å². The molecule has 0 aliphatic heterocycles. The summed E-state index contributed by atoms with van der Waals surface area (Å²) in [5, 5.41) is 7.32. The van der Waals surface area contributed by atoms with Crippen molar-refractivity contribution in [1.82, 2.24) is 14.8 Å². The second kappa shape index (κ2) is 4.19. The topological polar surface area (TPSA) is 50.7 Å². The highest BCUT2D eigenvalue weighted by atomic mass is 35.5. The molecule has 0 saturated heterocycles. The molecule has 4 aromatic rings. The first-order valence-corrected chi connectivity index (χ1v) is 7.23. The Balaban J connectivity index is 2.07. The van der Waals surface area contributed by atoms with Crippen molar-refractivity contribution in [2.24, 2.45) is 0 Å². The Morgan fingerprint density at radius 2 is 1.95 bits per heavy atom. The number of H-pyrrole nitrogens is 1. The van der Waals surface area contributed by atoms with E-state index in [9.17, 15) is 4.79 Å². The fourth-order valence-electron chi connectivity index (χ4n) is 2.26. The number of benzene rings is 1. The zero-order valence-corrected chi connectivity index (χ0v) is 11.7. The van der Waals surface area contributed by atoms with Gasteiger partial charge in [0.25, 0.3) is 5.56 Å². The van der Waals surface area contributed by atoms with Gasteiger partial charge in [-0.05, 0) is 35.7 Å². The van der Waals surface area contributed by atoms with Crippen molar-refractivity contribution in [3.8, 4) is 5.69 Å². The first-order chi connectivity index (χ1) is 9.74. The van der Waals surface area contributed by atoms with E-state index in [-0.39, 0.29) is 5.56 Å². The Hall–Kier alpha value is -2.11. The van der Waals surface area contributed by atoms with Crippen LogP contribution in [0.1, 0.15) is 0 Å². The molecule has 0 unspecified atom stereocenters. The SMILES string of the molecule is O=c1c2cnc3sccc3c2[nH]n1-c1ccc(Cl)cc1. The van der Waals surface area contributed by atoms with Crippen LogP contribution in [0.5, 0.6) is 0 Å². The van der Waals surface area contributed by atoms with Gasteiger partial charge in [0, 0.05) is 16.6 Å². The van der Waals surface area contributed by atoms with E-state index in [2.05, 4.69) is 10.1 Å². The zero-order valence-electron chi connectivity index (χ0n) is 10.1. The predicted octanol–water partition coefficient (Wildman–Crippen LogP) is 3.58. The van der Waals surface area contributed by atoms with Crippen LogP contribution in [0.2, 0.25) is 5.02 Å². The van der Waals surface area contributed by atoms with Crippen LogP contribution in [-0.2, 0) is 0 Å². The van der Waals surface area contributed by atoms with Gasteiger partial charge in [0.05, 0.1) is 16.6 Å². The number of nitrogens with zero attached hydrogens (tertiary/aromatic N) is 2. The van der Waals surface area contributed by atoms with E-state index in [0.717, 1.165) is 21.4 Å². The molecule has 1 N–H and O–H groups in total. The van der Waals surface area contributed by atoms with Crippen LogP contribution in [0.25, 0.3) is 26.8 Å². The highest BCUT2D eigenvalue weighted by Gasteiger charge is 2.12. The van der Waals surface area contributed by atoms with Crippen LogP contribution in [0.3, 0.4) is 0 Å². The predicted molar refractivity (Wildman–Crippen MR) is 82.1 cm³/mol. The molecule has 0 aliphatic rings. The van der Waals surface area contributed by atoms with Crippen molar-refractivity contribution in [2.45, 2.75) is 0 Å². The third kappa shape index (κ3) is 1.60. The number of aromatic amines is 1. The van der Waals surface area contributed by atoms with Gasteiger partial charge >= 0.3 is 0 Å². The van der Waals surface area contributed by atoms with Crippen LogP contribution in [0, 0.1) is 0 Å². The summed E-state index contributed by atoms with van der Waals surface area (Å²) in [5.41, 5.74) is 1.46. The molecule has 20 heavy (non-hydrogen) atoms. The Kier molecular flexibility index (Phi) is 2.45. The number of halogens is 1. The number of aromatic nitrogens is 3. The molecule has 0 amide bonds. The average molecular weight is 302 g/mol. The highest BCUT2D eigenvalue weighted by Crippen LogP contribution is 2.24. The fraction of sp³-hybridized carbons (Fsp3) is 0. The summed E-state index contributed by atoms with van der Waals surface area (Å²) in [5.74, 6) is 0. The van der Waals surface area contributed by atoms with Crippen LogP contribution < -0.4 is 5.56 Å². The minimum atomic E-state index is -0.108. The second-order valence-corrected chi connectivity index (χ2v) is 5.75. The van der Waals surface area contributed by atoms with Gasteiger partial charge in [-0.1, -0.05) is 11.6 Å². The van der Waals surface area contributed by atoms with Crippen molar-refractivity contribution in [3.05, 3.63) is 57.3 Å². The number of thiophene rings is 1. The summed E-state index contributed by atoms with van der Waals surface area (Å²) in [7, 11) is 0. The molecule has 4 rings (SSSR count). The Morgan fingerprint density at radius 3 is 2.75 bits per heavy atom. The smallest absolute Gasteiger partial charge is 0.280 e. The number of nitrogens with one attached hydrogen (secondary N) is 1. The third-order valence-corrected chi connectivity index (χ3v) is 4.31. The Labute approximate surface area is 122 Å². The fourth-order valence-corrected chi connectivity index (χ4v) is 3.13. The lowest BCUT2D eigenvalue weighted by atomic mass is 10.2. The van der Waals surface area contributed by atoms with E-state index in [4.69, 9.17) is 11.6 Å². The lowest BCUT2D eigenvalue weighted by Gasteiger charge is -2.00. The molecule has 3 heterocycles. The molecule has 6 heteroatoms. The van der Waals surface area contributed by atoms with E-state index in [1.54, 1.807) is 41.8 Å². The van der Waals surface area contributed by atoms with Gasteiger partial charge in [-0.15, -0.1) is 11.3 Å². The minimum Gasteiger partial charge on any atom is -0.289 e. The first kappa shape index (κ1) is 11.7. The van der Waals surface area contributed by atoms with Gasteiger partial charge in [0.2, 0.25) is 0 Å². The molecule has 0 atom stereocenters. The molecule has 0 bridgehead atoms. The summed E-state index contributed by atoms with van der Waals surface area (Å²) in [6.07, 6.45) is 1.62. The van der Waals surface area contributed by atoms with Crippen LogP contribution in [0.15, 0.2) is 46.7 Å². The van der Waals surface area contributed by atoms with E-state index < -0.39 is 0 Å². The van der Waals surface area contributed by atoms with Gasteiger partial charge < -0.3 is 0 Å². The van der Waals surface area contributed by atoms with Gasteiger partial charge in [-0.2, -0.15) is 0 Å². The van der Waals surface area contributed by atoms with Crippen molar-refractivity contribution >= 4 is 44.1 Å². The molecule has 0 radical (unpaired) electrons. The molecule has 1 aromatic carbocycles. The maximum Gasteiger partial charge on any atom is 0.280 e. The van der Waals surface area contributed by atoms with Crippen LogP contribution >= 0.6 is 22.9 Å². The minimum absolute atomic E-state index is 0.108. The van der Waals surface area contributed by atoms with Gasteiger partial charge in [-0.25, -0.2) is 9.67 Å². The van der Waals surface area contributed by atoms with E-state index in [0.29, 0.717) is 10.4 Å². The zero-order chi connectivity index (χ0) is 13.7. The lowest BCUT2D eigenvalue weighted by molar-refractivity contribution is 0.865. The largest absolute Gasteiger partial charge is 0.289 e. The van der Waals surface area contributed by atoms with E-state index in [1.807, 2.05) is 11.4 Å². The number of rotatable bonds is 1. The third-order valence-electron chi connectivity index (χ3n) is 3.24. The summed E-state index contributed by atoms with van der Waals surface area (Å²) < 4.78 is 1.51. The molecule has 0 aliphatic carbocycles. The highest BCUT2D eigenvalue weighted by molar-refractivity contribution is 7.16. The van der Waals surface area contributed by atoms with Crippen molar-refractivity contribution < 1.29 is 0 Å². The summed E-state index contributed by atoms with van der Waals surface area (Å²) >= 11 is 7.43. The van der Waals surface area contributed by atoms with Crippen LogP contribution in [-0.4, -0.2) is 14.8 Å². The lowest BCUT2D eigenvalue weighted by Crippen LogP contribution is -2.13.